The van der Waals surface area contributed by atoms with Crippen molar-refractivity contribution in [2.24, 2.45) is 0 Å². The van der Waals surface area contributed by atoms with E-state index < -0.39 is 11.8 Å². The van der Waals surface area contributed by atoms with E-state index in [-0.39, 0.29) is 0 Å². The van der Waals surface area contributed by atoms with Crippen LogP contribution >= 0.6 is 0 Å². The Labute approximate surface area is 138 Å². The van der Waals surface area contributed by atoms with Gasteiger partial charge in [0, 0.05) is 12.2 Å². The van der Waals surface area contributed by atoms with E-state index in [1.54, 1.807) is 24.3 Å². The quantitative estimate of drug-likeness (QED) is 0.512. The molecular formula is C18H28N2O3. The molecule has 1 aromatic rings. The van der Waals surface area contributed by atoms with E-state index in [1.807, 2.05) is 0 Å². The van der Waals surface area contributed by atoms with Gasteiger partial charge in [0.05, 0.1) is 6.61 Å². The predicted molar refractivity (Wildman–Crippen MR) is 92.6 cm³/mol. The van der Waals surface area contributed by atoms with Crippen LogP contribution in [0, 0.1) is 0 Å². The number of ether oxygens (including phenoxy) is 1. The lowest BCUT2D eigenvalue weighted by molar-refractivity contribution is -0.136. The summed E-state index contributed by atoms with van der Waals surface area (Å²) in [6, 6.07) is 7.03. The Morgan fingerprint density at radius 2 is 1.61 bits per heavy atom. The van der Waals surface area contributed by atoms with Crippen molar-refractivity contribution in [2.75, 3.05) is 18.5 Å². The summed E-state index contributed by atoms with van der Waals surface area (Å²) in [5, 5.41) is 5.21. The molecule has 2 amide bonds. The van der Waals surface area contributed by atoms with Crippen LogP contribution in [0.2, 0.25) is 0 Å². The molecule has 23 heavy (non-hydrogen) atoms. The van der Waals surface area contributed by atoms with Crippen LogP contribution in [0.5, 0.6) is 5.75 Å². The lowest BCUT2D eigenvalue weighted by Crippen LogP contribution is -2.35. The third kappa shape index (κ3) is 8.24. The highest BCUT2D eigenvalue weighted by Crippen LogP contribution is 2.16. The second kappa shape index (κ2) is 11.5. The lowest BCUT2D eigenvalue weighted by Gasteiger charge is -2.08. The van der Waals surface area contributed by atoms with Crippen LogP contribution in [-0.2, 0) is 9.59 Å². The monoisotopic (exact) mass is 320 g/mol. The number of anilines is 1. The molecule has 0 saturated heterocycles. The molecule has 0 aliphatic rings. The van der Waals surface area contributed by atoms with Crippen LogP contribution in [0.3, 0.4) is 0 Å². The highest BCUT2D eigenvalue weighted by Gasteiger charge is 2.12. The number of rotatable bonds is 10. The average molecular weight is 320 g/mol. The number of benzene rings is 1. The maximum absolute atomic E-state index is 11.8. The zero-order valence-electron chi connectivity index (χ0n) is 14.2. The number of unbranched alkanes of at least 4 members (excludes halogenated alkanes) is 4. The number of amides is 2. The summed E-state index contributed by atoms with van der Waals surface area (Å²) in [5.74, 6) is -0.471. The van der Waals surface area contributed by atoms with Crippen molar-refractivity contribution in [2.45, 2.75) is 52.4 Å². The van der Waals surface area contributed by atoms with Gasteiger partial charge in [-0.1, -0.05) is 39.5 Å². The Morgan fingerprint density at radius 1 is 0.913 bits per heavy atom. The van der Waals surface area contributed by atoms with Crippen molar-refractivity contribution in [3.05, 3.63) is 24.3 Å². The van der Waals surface area contributed by atoms with Gasteiger partial charge >= 0.3 is 11.8 Å². The van der Waals surface area contributed by atoms with Gasteiger partial charge < -0.3 is 15.4 Å². The number of carbonyl (C=O) groups excluding carboxylic acids is 2. The summed E-state index contributed by atoms with van der Waals surface area (Å²) in [7, 11) is 0. The predicted octanol–water partition coefficient (Wildman–Crippen LogP) is 3.50. The zero-order chi connectivity index (χ0) is 16.9. The molecule has 1 rings (SSSR count). The van der Waals surface area contributed by atoms with E-state index >= 15 is 0 Å². The largest absolute Gasteiger partial charge is 0.494 e. The molecule has 0 heterocycles. The normalized spacial score (nSPS) is 10.2. The molecule has 128 valence electrons. The Morgan fingerprint density at radius 3 is 2.26 bits per heavy atom. The van der Waals surface area contributed by atoms with Crippen molar-refractivity contribution in [3.63, 3.8) is 0 Å². The molecule has 0 aliphatic heterocycles. The van der Waals surface area contributed by atoms with Crippen LogP contribution in [0.25, 0.3) is 0 Å². The lowest BCUT2D eigenvalue weighted by atomic mass is 10.2. The Bertz CT molecular complexity index is 472. The van der Waals surface area contributed by atoms with E-state index in [0.29, 0.717) is 18.8 Å². The standard InChI is InChI=1S/C18H28N2O3/c1-3-5-7-8-13-19-17(21)18(22)20-15-9-11-16(12-10-15)23-14-6-4-2/h9-12H,3-8,13-14H2,1-2H3,(H,19,21)(H,20,22). The number of carbonyl (C=O) groups is 2. The minimum Gasteiger partial charge on any atom is -0.494 e. The molecule has 5 nitrogen and oxygen atoms in total. The molecule has 2 N–H and O–H groups in total. The van der Waals surface area contributed by atoms with Crippen molar-refractivity contribution in [3.8, 4) is 5.75 Å². The van der Waals surface area contributed by atoms with E-state index in [4.69, 9.17) is 4.74 Å². The summed E-state index contributed by atoms with van der Waals surface area (Å²) in [6.45, 7) is 5.46. The Kier molecular flexibility index (Phi) is 9.52. The third-order valence-corrected chi connectivity index (χ3v) is 3.40. The van der Waals surface area contributed by atoms with Crippen molar-refractivity contribution in [1.29, 1.82) is 0 Å². The molecule has 0 aliphatic carbocycles. The first-order chi connectivity index (χ1) is 11.2. The van der Waals surface area contributed by atoms with Gasteiger partial charge in [0.15, 0.2) is 0 Å². The summed E-state index contributed by atoms with van der Waals surface area (Å²) >= 11 is 0. The highest BCUT2D eigenvalue weighted by atomic mass is 16.5. The molecule has 0 bridgehead atoms. The van der Waals surface area contributed by atoms with Gasteiger partial charge in [0.2, 0.25) is 0 Å². The van der Waals surface area contributed by atoms with E-state index in [1.165, 1.54) is 0 Å². The fraction of sp³-hybridized carbons (Fsp3) is 0.556. The van der Waals surface area contributed by atoms with E-state index in [2.05, 4.69) is 24.5 Å². The minimum atomic E-state index is -0.639. The first-order valence-electron chi connectivity index (χ1n) is 8.49. The first-order valence-corrected chi connectivity index (χ1v) is 8.49. The van der Waals surface area contributed by atoms with Crippen molar-refractivity contribution >= 4 is 17.5 Å². The van der Waals surface area contributed by atoms with Gasteiger partial charge in [-0.15, -0.1) is 0 Å². The van der Waals surface area contributed by atoms with E-state index in [9.17, 15) is 9.59 Å². The van der Waals surface area contributed by atoms with Crippen LogP contribution < -0.4 is 15.4 Å². The average Bonchev–Trinajstić information content (AvgIpc) is 2.56. The van der Waals surface area contributed by atoms with E-state index in [0.717, 1.165) is 44.3 Å². The SMILES string of the molecule is CCCCCCNC(=O)C(=O)Nc1ccc(OCCCC)cc1. The van der Waals surface area contributed by atoms with Gasteiger partial charge in [-0.2, -0.15) is 0 Å². The van der Waals surface area contributed by atoms with Gasteiger partial charge in [-0.05, 0) is 37.1 Å². The fourth-order valence-corrected chi connectivity index (χ4v) is 1.99. The Hall–Kier alpha value is -2.04. The van der Waals surface area contributed by atoms with Crippen molar-refractivity contribution < 1.29 is 14.3 Å². The molecule has 0 spiro atoms. The summed E-state index contributed by atoms with van der Waals surface area (Å²) in [5.41, 5.74) is 0.582. The van der Waals surface area contributed by atoms with Crippen LogP contribution in [-0.4, -0.2) is 25.0 Å². The maximum Gasteiger partial charge on any atom is 0.313 e. The van der Waals surface area contributed by atoms with Gasteiger partial charge in [0.1, 0.15) is 5.75 Å². The van der Waals surface area contributed by atoms with Gasteiger partial charge in [-0.25, -0.2) is 0 Å². The Balaban J connectivity index is 2.31. The minimum absolute atomic E-state index is 0.538. The number of hydrogen-bond acceptors (Lipinski definition) is 3. The second-order valence-electron chi connectivity index (χ2n) is 5.50. The smallest absolute Gasteiger partial charge is 0.313 e. The summed E-state index contributed by atoms with van der Waals surface area (Å²) in [4.78, 5) is 23.4. The second-order valence-corrected chi connectivity index (χ2v) is 5.50. The highest BCUT2D eigenvalue weighted by molar-refractivity contribution is 6.39. The topological polar surface area (TPSA) is 67.4 Å². The van der Waals surface area contributed by atoms with Crippen LogP contribution in [0.4, 0.5) is 5.69 Å². The molecule has 0 radical (unpaired) electrons. The molecule has 0 fully saturated rings. The molecule has 0 saturated carbocycles. The fourth-order valence-electron chi connectivity index (χ4n) is 1.99. The molecule has 0 atom stereocenters. The van der Waals surface area contributed by atoms with Gasteiger partial charge in [-0.3, -0.25) is 9.59 Å². The summed E-state index contributed by atoms with van der Waals surface area (Å²) in [6.07, 6.45) is 6.36. The number of nitrogens with one attached hydrogen (secondary N) is 2. The molecule has 5 heteroatoms. The van der Waals surface area contributed by atoms with Gasteiger partial charge in [0.25, 0.3) is 0 Å². The van der Waals surface area contributed by atoms with Crippen molar-refractivity contribution in [1.82, 2.24) is 5.32 Å². The van der Waals surface area contributed by atoms with Crippen LogP contribution in [0.1, 0.15) is 52.4 Å². The first kappa shape index (κ1) is 19.0. The molecule has 1 aromatic carbocycles. The third-order valence-electron chi connectivity index (χ3n) is 3.40. The summed E-state index contributed by atoms with van der Waals surface area (Å²) < 4.78 is 5.55. The maximum atomic E-state index is 11.8. The molecular weight excluding hydrogens is 292 g/mol. The number of hydrogen-bond donors (Lipinski definition) is 2. The zero-order valence-corrected chi connectivity index (χ0v) is 14.2. The molecule has 0 unspecified atom stereocenters. The molecule has 0 aromatic heterocycles. The van der Waals surface area contributed by atoms with Crippen LogP contribution in [0.15, 0.2) is 24.3 Å².